The number of rotatable bonds is 2. The van der Waals surface area contributed by atoms with Gasteiger partial charge in [-0.2, -0.15) is 0 Å². The van der Waals surface area contributed by atoms with Crippen molar-refractivity contribution in [2.24, 2.45) is 0 Å². The molecule has 1 aliphatic rings. The molecule has 2 N–H and O–H groups in total. The molecule has 0 radical (unpaired) electrons. The van der Waals surface area contributed by atoms with Crippen molar-refractivity contribution in [3.63, 3.8) is 0 Å². The van der Waals surface area contributed by atoms with E-state index in [-0.39, 0.29) is 11.4 Å². The Kier molecular flexibility index (Phi) is 3.68. The third-order valence-electron chi connectivity index (χ3n) is 3.59. The maximum Gasteiger partial charge on any atom is 0.225 e. The second-order valence-corrected chi connectivity index (χ2v) is 5.07. The van der Waals surface area contributed by atoms with Gasteiger partial charge in [-0.25, -0.2) is 18.7 Å². The molecule has 3 rings (SSSR count). The second-order valence-electron chi connectivity index (χ2n) is 5.07. The van der Waals surface area contributed by atoms with Crippen LogP contribution in [-0.2, 0) is 12.8 Å². The molecule has 6 heteroatoms. The summed E-state index contributed by atoms with van der Waals surface area (Å²) in [4.78, 5) is 8.33. The van der Waals surface area contributed by atoms with Gasteiger partial charge in [0, 0.05) is 17.7 Å². The zero-order chi connectivity index (χ0) is 14.8. The van der Waals surface area contributed by atoms with Crippen molar-refractivity contribution in [1.29, 1.82) is 0 Å². The molecule has 21 heavy (non-hydrogen) atoms. The minimum Gasteiger partial charge on any atom is -0.435 e. The van der Waals surface area contributed by atoms with Crippen molar-refractivity contribution in [2.75, 3.05) is 5.73 Å². The van der Waals surface area contributed by atoms with E-state index in [0.29, 0.717) is 5.88 Å². The van der Waals surface area contributed by atoms with Gasteiger partial charge in [0.1, 0.15) is 12.1 Å². The summed E-state index contributed by atoms with van der Waals surface area (Å²) in [6.07, 6.45) is 6.21. The van der Waals surface area contributed by atoms with Crippen molar-refractivity contribution in [2.45, 2.75) is 32.1 Å². The normalized spacial score (nSPS) is 14.4. The first-order chi connectivity index (χ1) is 10.1. The molecule has 0 amide bonds. The van der Waals surface area contributed by atoms with Crippen molar-refractivity contribution >= 4 is 5.69 Å². The summed E-state index contributed by atoms with van der Waals surface area (Å²) in [5.74, 6) is -1.35. The lowest BCUT2D eigenvalue weighted by atomic mass is 10.1. The lowest BCUT2D eigenvalue weighted by Gasteiger charge is -2.12. The third-order valence-corrected chi connectivity index (χ3v) is 3.59. The van der Waals surface area contributed by atoms with Gasteiger partial charge >= 0.3 is 0 Å². The van der Waals surface area contributed by atoms with E-state index in [1.54, 1.807) is 0 Å². The summed E-state index contributed by atoms with van der Waals surface area (Å²) in [6, 6.07) is 1.85. The summed E-state index contributed by atoms with van der Waals surface area (Å²) in [5, 5.41) is 0. The lowest BCUT2D eigenvalue weighted by Crippen LogP contribution is -2.03. The van der Waals surface area contributed by atoms with Crippen LogP contribution < -0.4 is 10.5 Å². The molecule has 1 aliphatic carbocycles. The Labute approximate surface area is 121 Å². The van der Waals surface area contributed by atoms with E-state index in [1.807, 2.05) is 0 Å². The summed E-state index contributed by atoms with van der Waals surface area (Å²) >= 11 is 0. The van der Waals surface area contributed by atoms with Crippen molar-refractivity contribution < 1.29 is 13.5 Å². The van der Waals surface area contributed by atoms with Gasteiger partial charge < -0.3 is 10.5 Å². The predicted octanol–water partition coefficient (Wildman–Crippen LogP) is 3.40. The van der Waals surface area contributed by atoms with Crippen LogP contribution in [0.25, 0.3) is 0 Å². The minimum atomic E-state index is -0.716. The molecule has 0 atom stereocenters. The SMILES string of the molecule is Nc1cc(F)c(Oc2ncnc3c2CCCCC3)cc1F. The number of nitrogens with two attached hydrogens (primary N) is 1. The van der Waals surface area contributed by atoms with Crippen molar-refractivity contribution in [1.82, 2.24) is 9.97 Å². The van der Waals surface area contributed by atoms with E-state index in [0.717, 1.165) is 55.5 Å². The van der Waals surface area contributed by atoms with Gasteiger partial charge in [0.25, 0.3) is 0 Å². The Morgan fingerprint density at radius 1 is 1.00 bits per heavy atom. The molecule has 110 valence electrons. The Morgan fingerprint density at radius 2 is 1.81 bits per heavy atom. The topological polar surface area (TPSA) is 61.0 Å². The Balaban J connectivity index is 1.97. The average Bonchev–Trinajstić information content (AvgIpc) is 2.71. The molecule has 2 aromatic rings. The second kappa shape index (κ2) is 5.63. The van der Waals surface area contributed by atoms with Crippen molar-refractivity contribution in [3.8, 4) is 11.6 Å². The highest BCUT2D eigenvalue weighted by Crippen LogP contribution is 2.31. The van der Waals surface area contributed by atoms with E-state index >= 15 is 0 Å². The number of nitrogen functional groups attached to an aromatic ring is 1. The summed E-state index contributed by atoms with van der Waals surface area (Å²) in [5.41, 5.74) is 6.88. The molecule has 0 saturated carbocycles. The molecule has 0 fully saturated rings. The number of aryl methyl sites for hydroxylation is 1. The first-order valence-electron chi connectivity index (χ1n) is 6.90. The number of hydrogen-bond donors (Lipinski definition) is 1. The number of aromatic nitrogens is 2. The van der Waals surface area contributed by atoms with E-state index < -0.39 is 11.6 Å². The maximum absolute atomic E-state index is 13.8. The van der Waals surface area contributed by atoms with Gasteiger partial charge in [-0.1, -0.05) is 6.42 Å². The smallest absolute Gasteiger partial charge is 0.225 e. The van der Waals surface area contributed by atoms with Gasteiger partial charge in [0.2, 0.25) is 5.88 Å². The van der Waals surface area contributed by atoms with Crippen LogP contribution in [0.2, 0.25) is 0 Å². The zero-order valence-corrected chi connectivity index (χ0v) is 11.4. The zero-order valence-electron chi connectivity index (χ0n) is 11.4. The molecule has 0 unspecified atom stereocenters. The quantitative estimate of drug-likeness (QED) is 0.680. The van der Waals surface area contributed by atoms with E-state index in [9.17, 15) is 8.78 Å². The fraction of sp³-hybridized carbons (Fsp3) is 0.333. The standard InChI is InChI=1S/C15H15F2N3O/c16-10-7-14(11(17)6-12(10)18)21-15-9-4-2-1-3-5-13(9)19-8-20-15/h6-8H,1-5,18H2. The van der Waals surface area contributed by atoms with E-state index in [2.05, 4.69) is 9.97 Å². The summed E-state index contributed by atoms with van der Waals surface area (Å²) in [7, 11) is 0. The van der Waals surface area contributed by atoms with Crippen LogP contribution in [-0.4, -0.2) is 9.97 Å². The van der Waals surface area contributed by atoms with Crippen LogP contribution in [0, 0.1) is 11.6 Å². The molecule has 0 spiro atoms. The van der Waals surface area contributed by atoms with Crippen LogP contribution in [0.4, 0.5) is 14.5 Å². The Hall–Kier alpha value is -2.24. The van der Waals surface area contributed by atoms with Gasteiger partial charge in [-0.15, -0.1) is 0 Å². The number of fused-ring (bicyclic) bond motifs is 1. The Bertz CT molecular complexity index is 676. The molecule has 0 saturated heterocycles. The van der Waals surface area contributed by atoms with Gasteiger partial charge in [-0.05, 0) is 25.7 Å². The molecular formula is C15H15F2N3O. The van der Waals surface area contributed by atoms with Gasteiger partial charge in [-0.3, -0.25) is 0 Å². The van der Waals surface area contributed by atoms with Crippen LogP contribution in [0.3, 0.4) is 0 Å². The molecule has 1 aromatic carbocycles. The van der Waals surface area contributed by atoms with E-state index in [1.165, 1.54) is 6.33 Å². The minimum absolute atomic E-state index is 0.216. The number of benzene rings is 1. The number of nitrogens with zero attached hydrogens (tertiary/aromatic N) is 2. The summed E-state index contributed by atoms with van der Waals surface area (Å²) < 4.78 is 32.8. The monoisotopic (exact) mass is 291 g/mol. The van der Waals surface area contributed by atoms with Crippen LogP contribution in [0.5, 0.6) is 11.6 Å². The van der Waals surface area contributed by atoms with Crippen LogP contribution >= 0.6 is 0 Å². The molecule has 0 aliphatic heterocycles. The molecule has 1 aromatic heterocycles. The fourth-order valence-corrected chi connectivity index (χ4v) is 2.48. The fourth-order valence-electron chi connectivity index (χ4n) is 2.48. The first-order valence-corrected chi connectivity index (χ1v) is 6.90. The van der Waals surface area contributed by atoms with E-state index in [4.69, 9.17) is 10.5 Å². The average molecular weight is 291 g/mol. The van der Waals surface area contributed by atoms with Crippen LogP contribution in [0.1, 0.15) is 30.5 Å². The molecule has 1 heterocycles. The highest BCUT2D eigenvalue weighted by atomic mass is 19.1. The van der Waals surface area contributed by atoms with Crippen molar-refractivity contribution in [3.05, 3.63) is 41.4 Å². The predicted molar refractivity (Wildman–Crippen MR) is 74.1 cm³/mol. The number of halogens is 2. The third kappa shape index (κ3) is 2.79. The maximum atomic E-state index is 13.8. The van der Waals surface area contributed by atoms with Crippen LogP contribution in [0.15, 0.2) is 18.5 Å². The number of hydrogen-bond acceptors (Lipinski definition) is 4. The largest absolute Gasteiger partial charge is 0.435 e. The highest BCUT2D eigenvalue weighted by Gasteiger charge is 2.18. The molecule has 4 nitrogen and oxygen atoms in total. The number of ether oxygens (including phenoxy) is 1. The molecule has 0 bridgehead atoms. The van der Waals surface area contributed by atoms with Gasteiger partial charge in [0.15, 0.2) is 11.6 Å². The Morgan fingerprint density at radius 3 is 2.67 bits per heavy atom. The first kappa shape index (κ1) is 13.7. The summed E-state index contributed by atoms with van der Waals surface area (Å²) in [6.45, 7) is 0. The van der Waals surface area contributed by atoms with Gasteiger partial charge in [0.05, 0.1) is 11.4 Å². The highest BCUT2D eigenvalue weighted by molar-refractivity contribution is 5.46. The molecular weight excluding hydrogens is 276 g/mol. The lowest BCUT2D eigenvalue weighted by molar-refractivity contribution is 0.416. The number of anilines is 1.